The van der Waals surface area contributed by atoms with E-state index in [1.54, 1.807) is 0 Å². The maximum atomic E-state index is 12.7. The minimum Gasteiger partial charge on any atom is -0.339 e. The molecule has 1 saturated heterocycles. The first-order chi connectivity index (χ1) is 9.11. The molecule has 0 radical (unpaired) electrons. The van der Waals surface area contributed by atoms with Crippen molar-refractivity contribution >= 4 is 5.95 Å². The number of rotatable bonds is 2. The molecule has 1 aliphatic rings. The Morgan fingerprint density at radius 2 is 1.68 bits per heavy atom. The van der Waals surface area contributed by atoms with Gasteiger partial charge in [0.25, 0.3) is 0 Å². The number of nitrogens with zero attached hydrogens (tertiary/aromatic N) is 5. The first kappa shape index (κ1) is 12.0. The Bertz CT molecular complexity index is 572. The second-order valence-electron chi connectivity index (χ2n) is 4.81. The highest BCUT2D eigenvalue weighted by Crippen LogP contribution is 2.27. The third-order valence-corrected chi connectivity index (χ3v) is 3.14. The molecule has 1 fully saturated rings. The molecular formula is C13H14FN5. The molecule has 3 heterocycles. The maximum Gasteiger partial charge on any atom is 0.225 e. The highest BCUT2D eigenvalue weighted by Gasteiger charge is 2.32. The standard InChI is InChI=1S/C13H14FN5/c1-8-3-9(2)18-12(17-8)10-6-19(7-10)13-15-4-11(14)5-16-13/h3-5,10H,6-7H2,1-2H3. The summed E-state index contributed by atoms with van der Waals surface area (Å²) >= 11 is 0. The van der Waals surface area contributed by atoms with Crippen LogP contribution in [-0.4, -0.2) is 33.0 Å². The predicted molar refractivity (Wildman–Crippen MR) is 68.5 cm³/mol. The highest BCUT2D eigenvalue weighted by molar-refractivity contribution is 5.36. The van der Waals surface area contributed by atoms with Crippen molar-refractivity contribution in [1.29, 1.82) is 0 Å². The summed E-state index contributed by atoms with van der Waals surface area (Å²) in [6.07, 6.45) is 2.37. The van der Waals surface area contributed by atoms with Crippen LogP contribution in [0.25, 0.3) is 0 Å². The lowest BCUT2D eigenvalue weighted by Gasteiger charge is -2.38. The molecule has 0 saturated carbocycles. The van der Waals surface area contributed by atoms with Crippen LogP contribution in [0.4, 0.5) is 10.3 Å². The summed E-state index contributed by atoms with van der Waals surface area (Å²) in [6, 6.07) is 1.96. The van der Waals surface area contributed by atoms with Crippen molar-refractivity contribution < 1.29 is 4.39 Å². The SMILES string of the molecule is Cc1cc(C)nc(C2CN(c3ncc(F)cn3)C2)n1. The van der Waals surface area contributed by atoms with E-state index in [4.69, 9.17) is 0 Å². The van der Waals surface area contributed by atoms with E-state index in [-0.39, 0.29) is 0 Å². The average molecular weight is 259 g/mol. The van der Waals surface area contributed by atoms with E-state index in [0.717, 1.165) is 30.3 Å². The zero-order valence-corrected chi connectivity index (χ0v) is 10.8. The second-order valence-corrected chi connectivity index (χ2v) is 4.81. The Labute approximate surface area is 110 Å². The Morgan fingerprint density at radius 1 is 1.11 bits per heavy atom. The van der Waals surface area contributed by atoms with Gasteiger partial charge >= 0.3 is 0 Å². The van der Waals surface area contributed by atoms with E-state index in [1.165, 1.54) is 12.4 Å². The van der Waals surface area contributed by atoms with Gasteiger partial charge < -0.3 is 4.90 Å². The number of hydrogen-bond acceptors (Lipinski definition) is 5. The molecular weight excluding hydrogens is 245 g/mol. The van der Waals surface area contributed by atoms with Gasteiger partial charge in [0.2, 0.25) is 5.95 Å². The molecule has 3 rings (SSSR count). The summed E-state index contributed by atoms with van der Waals surface area (Å²) in [5.41, 5.74) is 1.97. The van der Waals surface area contributed by atoms with Gasteiger partial charge in [0, 0.05) is 24.5 Å². The van der Waals surface area contributed by atoms with E-state index in [9.17, 15) is 4.39 Å². The van der Waals surface area contributed by atoms with Gasteiger partial charge in [-0.3, -0.25) is 0 Å². The summed E-state index contributed by atoms with van der Waals surface area (Å²) in [6.45, 7) is 5.48. The van der Waals surface area contributed by atoms with Gasteiger partial charge in [-0.05, 0) is 19.9 Å². The number of hydrogen-bond donors (Lipinski definition) is 0. The minimum atomic E-state index is -0.418. The van der Waals surface area contributed by atoms with Crippen LogP contribution in [0.5, 0.6) is 0 Å². The van der Waals surface area contributed by atoms with Gasteiger partial charge in [0.1, 0.15) is 5.82 Å². The highest BCUT2D eigenvalue weighted by atomic mass is 19.1. The van der Waals surface area contributed by atoms with Crippen LogP contribution in [0.15, 0.2) is 18.5 Å². The third kappa shape index (κ3) is 2.38. The van der Waals surface area contributed by atoms with Gasteiger partial charge in [-0.2, -0.15) is 0 Å². The normalized spacial score (nSPS) is 15.4. The van der Waals surface area contributed by atoms with Gasteiger partial charge in [-0.25, -0.2) is 24.3 Å². The molecule has 19 heavy (non-hydrogen) atoms. The lowest BCUT2D eigenvalue weighted by atomic mass is 9.99. The summed E-state index contributed by atoms with van der Waals surface area (Å²) in [4.78, 5) is 18.8. The molecule has 0 spiro atoms. The van der Waals surface area contributed by atoms with Crippen molar-refractivity contribution in [2.45, 2.75) is 19.8 Å². The van der Waals surface area contributed by atoms with Crippen LogP contribution in [0.3, 0.4) is 0 Å². The lowest BCUT2D eigenvalue weighted by Crippen LogP contribution is -2.46. The first-order valence-electron chi connectivity index (χ1n) is 6.16. The van der Waals surface area contributed by atoms with Crippen molar-refractivity contribution in [2.75, 3.05) is 18.0 Å². The van der Waals surface area contributed by atoms with Gasteiger partial charge in [0.05, 0.1) is 18.3 Å². The molecule has 0 amide bonds. The van der Waals surface area contributed by atoms with Crippen molar-refractivity contribution in [1.82, 2.24) is 19.9 Å². The quantitative estimate of drug-likeness (QED) is 0.820. The Kier molecular flexibility index (Phi) is 2.85. The second kappa shape index (κ2) is 4.53. The molecule has 0 aromatic carbocycles. The molecule has 6 heteroatoms. The molecule has 0 aliphatic carbocycles. The smallest absolute Gasteiger partial charge is 0.225 e. The first-order valence-corrected chi connectivity index (χ1v) is 6.16. The van der Waals surface area contributed by atoms with Crippen molar-refractivity contribution in [3.63, 3.8) is 0 Å². The van der Waals surface area contributed by atoms with Crippen LogP contribution in [-0.2, 0) is 0 Å². The molecule has 1 aliphatic heterocycles. The van der Waals surface area contributed by atoms with Crippen LogP contribution in [0.1, 0.15) is 23.1 Å². The Hall–Kier alpha value is -2.11. The summed E-state index contributed by atoms with van der Waals surface area (Å²) in [5, 5.41) is 0. The Balaban J connectivity index is 1.71. The minimum absolute atomic E-state index is 0.298. The molecule has 98 valence electrons. The van der Waals surface area contributed by atoms with Crippen molar-refractivity contribution in [2.24, 2.45) is 0 Å². The molecule has 0 N–H and O–H groups in total. The molecule has 0 atom stereocenters. The maximum absolute atomic E-state index is 12.7. The van der Waals surface area contributed by atoms with Gasteiger partial charge in [-0.1, -0.05) is 0 Å². The molecule has 5 nitrogen and oxygen atoms in total. The van der Waals surface area contributed by atoms with Crippen LogP contribution in [0, 0.1) is 19.7 Å². The zero-order chi connectivity index (χ0) is 13.4. The zero-order valence-electron chi connectivity index (χ0n) is 10.8. The van der Waals surface area contributed by atoms with Crippen molar-refractivity contribution in [3.8, 4) is 0 Å². The van der Waals surface area contributed by atoms with Crippen LogP contribution < -0.4 is 4.90 Å². The van der Waals surface area contributed by atoms with E-state index in [0.29, 0.717) is 11.9 Å². The summed E-state index contributed by atoms with van der Waals surface area (Å²) in [5.74, 6) is 1.31. The van der Waals surface area contributed by atoms with E-state index in [1.807, 2.05) is 24.8 Å². The number of anilines is 1. The monoisotopic (exact) mass is 259 g/mol. The molecule has 2 aromatic rings. The average Bonchev–Trinajstić information content (AvgIpc) is 2.28. The predicted octanol–water partition coefficient (Wildman–Crippen LogP) is 1.63. The molecule has 0 bridgehead atoms. The summed E-state index contributed by atoms with van der Waals surface area (Å²) < 4.78 is 12.7. The molecule has 0 unspecified atom stereocenters. The largest absolute Gasteiger partial charge is 0.339 e. The van der Waals surface area contributed by atoms with Crippen LogP contribution >= 0.6 is 0 Å². The number of aromatic nitrogens is 4. The third-order valence-electron chi connectivity index (χ3n) is 3.14. The van der Waals surface area contributed by atoms with Gasteiger partial charge in [-0.15, -0.1) is 0 Å². The number of halogens is 1. The lowest BCUT2D eigenvalue weighted by molar-refractivity contribution is 0.487. The van der Waals surface area contributed by atoms with Crippen LogP contribution in [0.2, 0.25) is 0 Å². The van der Waals surface area contributed by atoms with E-state index >= 15 is 0 Å². The summed E-state index contributed by atoms with van der Waals surface area (Å²) in [7, 11) is 0. The van der Waals surface area contributed by atoms with E-state index in [2.05, 4.69) is 19.9 Å². The fourth-order valence-corrected chi connectivity index (χ4v) is 2.21. The fraction of sp³-hybridized carbons (Fsp3) is 0.385. The Morgan fingerprint density at radius 3 is 2.26 bits per heavy atom. The van der Waals surface area contributed by atoms with E-state index < -0.39 is 5.82 Å². The fourth-order valence-electron chi connectivity index (χ4n) is 2.21. The van der Waals surface area contributed by atoms with Gasteiger partial charge in [0.15, 0.2) is 5.82 Å². The number of aryl methyl sites for hydroxylation is 2. The topological polar surface area (TPSA) is 54.8 Å². The molecule has 2 aromatic heterocycles. The van der Waals surface area contributed by atoms with Crippen molar-refractivity contribution in [3.05, 3.63) is 41.5 Å².